The van der Waals surface area contributed by atoms with Crippen molar-refractivity contribution in [3.8, 4) is 16.9 Å². The molecule has 2 aliphatic rings. The quantitative estimate of drug-likeness (QED) is 0.625. The Balaban J connectivity index is 1.40. The van der Waals surface area contributed by atoms with Gasteiger partial charge >= 0.3 is 0 Å². The van der Waals surface area contributed by atoms with Crippen LogP contribution in [0.4, 0.5) is 0 Å². The van der Waals surface area contributed by atoms with Gasteiger partial charge in [0.15, 0.2) is 6.10 Å². The van der Waals surface area contributed by atoms with Crippen molar-refractivity contribution >= 4 is 28.5 Å². The molecule has 4 heterocycles. The number of aromatic amines is 1. The van der Waals surface area contributed by atoms with Gasteiger partial charge in [-0.15, -0.1) is 0 Å². The zero-order valence-corrected chi connectivity index (χ0v) is 17.9. The van der Waals surface area contributed by atoms with Crippen LogP contribution < -0.4 is 4.74 Å². The molecule has 5 nitrogen and oxygen atoms in total. The smallest absolute Gasteiger partial charge is 0.263 e. The van der Waals surface area contributed by atoms with E-state index in [2.05, 4.69) is 16.9 Å². The van der Waals surface area contributed by atoms with Gasteiger partial charge in [-0.2, -0.15) is 0 Å². The Morgan fingerprint density at radius 1 is 1.27 bits per heavy atom. The van der Waals surface area contributed by atoms with Crippen LogP contribution in [-0.4, -0.2) is 40.0 Å². The van der Waals surface area contributed by atoms with Crippen LogP contribution in [0.25, 0.3) is 22.2 Å². The van der Waals surface area contributed by atoms with Gasteiger partial charge in [0.25, 0.3) is 5.91 Å². The molecule has 1 amide bonds. The number of ether oxygens (including phenoxy) is 1. The number of nitrogens with one attached hydrogen (secondary N) is 1. The van der Waals surface area contributed by atoms with E-state index in [-0.39, 0.29) is 5.91 Å². The van der Waals surface area contributed by atoms with Gasteiger partial charge in [0.05, 0.1) is 0 Å². The van der Waals surface area contributed by atoms with Crippen molar-refractivity contribution < 1.29 is 9.53 Å². The maximum atomic E-state index is 13.2. The number of hydrogen-bond acceptors (Lipinski definition) is 3. The molecule has 2 aliphatic heterocycles. The molecule has 30 heavy (non-hydrogen) atoms. The van der Waals surface area contributed by atoms with Gasteiger partial charge in [-0.1, -0.05) is 31.4 Å². The first-order valence-corrected chi connectivity index (χ1v) is 11.2. The van der Waals surface area contributed by atoms with E-state index >= 15 is 0 Å². The summed E-state index contributed by atoms with van der Waals surface area (Å²) >= 11 is 6.45. The number of nitrogens with zero attached hydrogens (tertiary/aromatic N) is 2. The van der Waals surface area contributed by atoms with Crippen LogP contribution in [0.5, 0.6) is 5.75 Å². The van der Waals surface area contributed by atoms with Gasteiger partial charge < -0.3 is 14.6 Å². The molecule has 2 aromatic heterocycles. The molecule has 1 saturated heterocycles. The van der Waals surface area contributed by atoms with E-state index < -0.39 is 6.10 Å². The fourth-order valence-electron chi connectivity index (χ4n) is 4.91. The maximum Gasteiger partial charge on any atom is 0.263 e. The van der Waals surface area contributed by atoms with Crippen LogP contribution in [0.15, 0.2) is 36.7 Å². The van der Waals surface area contributed by atoms with Crippen LogP contribution in [0.3, 0.4) is 0 Å². The Kier molecular flexibility index (Phi) is 5.15. The lowest BCUT2D eigenvalue weighted by Crippen LogP contribution is -2.45. The first-order chi connectivity index (χ1) is 14.6. The Bertz CT molecular complexity index is 1090. The fourth-order valence-corrected chi connectivity index (χ4v) is 5.15. The van der Waals surface area contributed by atoms with Gasteiger partial charge in [-0.3, -0.25) is 4.79 Å². The Hall–Kier alpha value is -2.53. The Morgan fingerprint density at radius 2 is 2.10 bits per heavy atom. The van der Waals surface area contributed by atoms with Crippen LogP contribution in [0.2, 0.25) is 5.02 Å². The number of piperidine rings is 1. The molecule has 1 unspecified atom stereocenters. The maximum absolute atomic E-state index is 13.2. The Labute approximate surface area is 181 Å². The van der Waals surface area contributed by atoms with Gasteiger partial charge in [0, 0.05) is 53.4 Å². The minimum absolute atomic E-state index is 0.102. The average molecular weight is 424 g/mol. The average Bonchev–Trinajstić information content (AvgIpc) is 3.40. The van der Waals surface area contributed by atoms with Crippen molar-refractivity contribution in [1.29, 1.82) is 0 Å². The highest BCUT2D eigenvalue weighted by Gasteiger charge is 2.35. The van der Waals surface area contributed by atoms with Crippen molar-refractivity contribution in [3.63, 3.8) is 0 Å². The number of carbonyl (C=O) groups is 1. The lowest BCUT2D eigenvalue weighted by molar-refractivity contribution is -0.139. The van der Waals surface area contributed by atoms with E-state index in [9.17, 15) is 4.79 Å². The second-order valence-corrected chi connectivity index (χ2v) is 8.84. The van der Waals surface area contributed by atoms with Gasteiger partial charge in [0.2, 0.25) is 0 Å². The number of fused-ring (bicyclic) bond motifs is 2. The summed E-state index contributed by atoms with van der Waals surface area (Å²) in [5.41, 5.74) is 3.74. The standard InChI is InChI=1S/C24H26ClN3O2/c1-2-3-15-6-10-28(11-7-15)24(29)21-13-16-12-17(25)14-20(22(16)30-21)18-4-8-26-23-19(18)5-9-27-23/h4-5,8-9,12,14-15,21H,2-3,6-7,10-11,13H2,1H3,(H,26,27). The molecule has 5 rings (SSSR count). The number of amides is 1. The molecule has 0 aliphatic carbocycles. The van der Waals surface area contributed by atoms with E-state index in [1.807, 2.05) is 35.4 Å². The summed E-state index contributed by atoms with van der Waals surface area (Å²) in [5, 5.41) is 1.67. The summed E-state index contributed by atoms with van der Waals surface area (Å²) in [7, 11) is 0. The largest absolute Gasteiger partial charge is 0.479 e. The van der Waals surface area contributed by atoms with Crippen molar-refractivity contribution in [2.24, 2.45) is 5.92 Å². The third-order valence-corrected chi connectivity index (χ3v) is 6.66. The molecule has 1 aromatic carbocycles. The number of benzene rings is 1. The van der Waals surface area contributed by atoms with E-state index in [1.54, 1.807) is 6.20 Å². The first-order valence-electron chi connectivity index (χ1n) is 10.8. The highest BCUT2D eigenvalue weighted by molar-refractivity contribution is 6.31. The predicted octanol–water partition coefficient (Wildman–Crippen LogP) is 5.23. The molecule has 3 aromatic rings. The van der Waals surface area contributed by atoms with Crippen molar-refractivity contribution in [2.75, 3.05) is 13.1 Å². The zero-order valence-electron chi connectivity index (χ0n) is 17.2. The third kappa shape index (κ3) is 3.45. The number of aromatic nitrogens is 2. The number of pyridine rings is 1. The summed E-state index contributed by atoms with van der Waals surface area (Å²) < 4.78 is 6.28. The minimum atomic E-state index is -0.469. The van der Waals surface area contributed by atoms with Crippen molar-refractivity contribution in [1.82, 2.24) is 14.9 Å². The Morgan fingerprint density at radius 3 is 2.90 bits per heavy atom. The normalized spacial score (nSPS) is 19.1. The molecule has 0 bridgehead atoms. The van der Waals surface area contributed by atoms with Gasteiger partial charge in [-0.25, -0.2) is 4.98 Å². The molecule has 1 fully saturated rings. The van der Waals surface area contributed by atoms with Crippen LogP contribution in [0, 0.1) is 5.92 Å². The highest BCUT2D eigenvalue weighted by Crippen LogP contribution is 2.43. The molecule has 1 atom stereocenters. The van der Waals surface area contributed by atoms with Crippen LogP contribution in [-0.2, 0) is 11.2 Å². The molecule has 0 radical (unpaired) electrons. The van der Waals surface area contributed by atoms with Crippen molar-refractivity contribution in [3.05, 3.63) is 47.2 Å². The predicted molar refractivity (Wildman–Crippen MR) is 119 cm³/mol. The monoisotopic (exact) mass is 423 g/mol. The lowest BCUT2D eigenvalue weighted by Gasteiger charge is -2.33. The topological polar surface area (TPSA) is 58.2 Å². The number of carbonyl (C=O) groups excluding carboxylic acids is 1. The second-order valence-electron chi connectivity index (χ2n) is 8.41. The van der Waals surface area contributed by atoms with Crippen LogP contribution >= 0.6 is 11.6 Å². The second kappa shape index (κ2) is 7.95. The first kappa shape index (κ1) is 19.4. The summed E-state index contributed by atoms with van der Waals surface area (Å²) in [6.07, 6.45) is 8.42. The summed E-state index contributed by atoms with van der Waals surface area (Å²) in [5.74, 6) is 1.62. The van der Waals surface area contributed by atoms with E-state index in [0.717, 1.165) is 65.3 Å². The molecular formula is C24H26ClN3O2. The summed E-state index contributed by atoms with van der Waals surface area (Å²) in [6.45, 7) is 3.90. The van der Waals surface area contributed by atoms with E-state index in [1.165, 1.54) is 12.8 Å². The number of halogens is 1. The number of likely N-dealkylation sites (tertiary alicyclic amines) is 1. The van der Waals surface area contributed by atoms with Crippen LogP contribution in [0.1, 0.15) is 38.2 Å². The summed E-state index contributed by atoms with van der Waals surface area (Å²) in [6, 6.07) is 7.82. The number of hydrogen-bond donors (Lipinski definition) is 1. The van der Waals surface area contributed by atoms with Crippen molar-refractivity contribution in [2.45, 2.75) is 45.1 Å². The minimum Gasteiger partial charge on any atom is -0.479 e. The SMILES string of the molecule is CCCC1CCN(C(=O)C2Cc3cc(Cl)cc(-c4ccnc5[nH]ccc45)c3O2)CC1. The molecule has 0 spiro atoms. The summed E-state index contributed by atoms with van der Waals surface area (Å²) in [4.78, 5) is 22.7. The van der Waals surface area contributed by atoms with E-state index in [0.29, 0.717) is 11.4 Å². The van der Waals surface area contributed by atoms with Gasteiger partial charge in [0.1, 0.15) is 11.4 Å². The molecule has 1 N–H and O–H groups in total. The lowest BCUT2D eigenvalue weighted by atomic mass is 9.92. The van der Waals surface area contributed by atoms with E-state index in [4.69, 9.17) is 16.3 Å². The number of rotatable bonds is 4. The fraction of sp³-hybridized carbons (Fsp3) is 0.417. The highest BCUT2D eigenvalue weighted by atomic mass is 35.5. The molecular weight excluding hydrogens is 398 g/mol. The number of H-pyrrole nitrogens is 1. The van der Waals surface area contributed by atoms with Gasteiger partial charge in [-0.05, 0) is 48.6 Å². The molecule has 156 valence electrons. The molecule has 0 saturated carbocycles. The zero-order chi connectivity index (χ0) is 20.7. The third-order valence-electron chi connectivity index (χ3n) is 6.44. The molecule has 6 heteroatoms.